The zero-order valence-electron chi connectivity index (χ0n) is 14.8. The molecule has 1 saturated carbocycles. The Labute approximate surface area is 148 Å². The summed E-state index contributed by atoms with van der Waals surface area (Å²) in [5.74, 6) is 0.182. The lowest BCUT2D eigenvalue weighted by Crippen LogP contribution is -2.57. The fourth-order valence-electron chi connectivity index (χ4n) is 5.09. The topological polar surface area (TPSA) is 69.7 Å². The molecule has 1 atom stereocenters. The molecule has 1 aliphatic carbocycles. The van der Waals surface area contributed by atoms with Crippen LogP contribution in [0.25, 0.3) is 0 Å². The van der Waals surface area contributed by atoms with Gasteiger partial charge in [0, 0.05) is 49.3 Å². The molecule has 6 nitrogen and oxygen atoms in total. The van der Waals surface area contributed by atoms with Crippen LogP contribution < -0.4 is 5.32 Å². The average molecular weight is 345 g/mol. The van der Waals surface area contributed by atoms with Crippen molar-refractivity contribution in [1.82, 2.24) is 15.1 Å². The fourth-order valence-corrected chi connectivity index (χ4v) is 5.09. The Bertz CT molecular complexity index is 623. The molecule has 3 aliphatic heterocycles. The standard InChI is InChI=1S/C19H27N3O3/c23-16-10-14(11-20-16)18(25)21-9-3-7-19(12-21)8-6-17(24)22(13-19)15-4-1-2-5-15/h11,15H,1-10,12-13H2,(H,20,23). The number of likely N-dealkylation sites (tertiary alicyclic amines) is 2. The molecule has 0 bridgehead atoms. The van der Waals surface area contributed by atoms with Crippen molar-refractivity contribution < 1.29 is 14.4 Å². The lowest BCUT2D eigenvalue weighted by atomic mass is 9.73. The zero-order chi connectivity index (χ0) is 17.4. The molecule has 1 N–H and O–H groups in total. The summed E-state index contributed by atoms with van der Waals surface area (Å²) in [4.78, 5) is 40.6. The highest BCUT2D eigenvalue weighted by Crippen LogP contribution is 2.41. The Morgan fingerprint density at radius 3 is 2.64 bits per heavy atom. The molecule has 2 saturated heterocycles. The molecule has 0 aromatic rings. The van der Waals surface area contributed by atoms with Gasteiger partial charge in [0.15, 0.2) is 0 Å². The molecule has 4 rings (SSSR count). The summed E-state index contributed by atoms with van der Waals surface area (Å²) >= 11 is 0. The minimum Gasteiger partial charge on any atom is -0.339 e. The van der Waals surface area contributed by atoms with Crippen molar-refractivity contribution in [1.29, 1.82) is 0 Å². The summed E-state index contributed by atoms with van der Waals surface area (Å²) in [6.07, 6.45) is 10.0. The minimum atomic E-state index is -0.106. The first kappa shape index (κ1) is 16.6. The molecule has 1 unspecified atom stereocenters. The molecule has 136 valence electrons. The second kappa shape index (κ2) is 6.46. The van der Waals surface area contributed by atoms with E-state index >= 15 is 0 Å². The summed E-state index contributed by atoms with van der Waals surface area (Å²) in [6, 6.07) is 0.412. The number of piperidine rings is 2. The Kier molecular flexibility index (Phi) is 4.29. The lowest BCUT2D eigenvalue weighted by Gasteiger charge is -2.49. The predicted octanol–water partition coefficient (Wildman–Crippen LogP) is 1.56. The van der Waals surface area contributed by atoms with Gasteiger partial charge in [-0.05, 0) is 32.1 Å². The van der Waals surface area contributed by atoms with E-state index in [1.165, 1.54) is 12.8 Å². The number of rotatable bonds is 2. The Morgan fingerprint density at radius 2 is 1.92 bits per heavy atom. The smallest absolute Gasteiger partial charge is 0.251 e. The van der Waals surface area contributed by atoms with Crippen molar-refractivity contribution in [3.8, 4) is 0 Å². The molecule has 3 amide bonds. The van der Waals surface area contributed by atoms with E-state index in [0.29, 0.717) is 30.5 Å². The van der Waals surface area contributed by atoms with Gasteiger partial charge in [0.2, 0.25) is 11.8 Å². The van der Waals surface area contributed by atoms with E-state index in [0.717, 1.165) is 45.2 Å². The first-order valence-corrected chi connectivity index (χ1v) is 9.64. The van der Waals surface area contributed by atoms with Crippen molar-refractivity contribution >= 4 is 17.7 Å². The van der Waals surface area contributed by atoms with Crippen LogP contribution in [0.15, 0.2) is 11.8 Å². The first-order valence-electron chi connectivity index (χ1n) is 9.64. The van der Waals surface area contributed by atoms with Crippen LogP contribution in [0.5, 0.6) is 0 Å². The van der Waals surface area contributed by atoms with E-state index in [-0.39, 0.29) is 23.7 Å². The highest BCUT2D eigenvalue weighted by molar-refractivity contribution is 6.01. The molecule has 6 heteroatoms. The summed E-state index contributed by atoms with van der Waals surface area (Å²) in [5, 5.41) is 2.61. The molecule has 25 heavy (non-hydrogen) atoms. The van der Waals surface area contributed by atoms with Crippen molar-refractivity contribution in [2.45, 2.75) is 63.8 Å². The van der Waals surface area contributed by atoms with Crippen LogP contribution in [0.1, 0.15) is 57.8 Å². The highest BCUT2D eigenvalue weighted by atomic mass is 16.2. The lowest BCUT2D eigenvalue weighted by molar-refractivity contribution is -0.144. The summed E-state index contributed by atoms with van der Waals surface area (Å²) in [5.41, 5.74) is 0.614. The maximum Gasteiger partial charge on any atom is 0.251 e. The van der Waals surface area contributed by atoms with E-state index < -0.39 is 0 Å². The monoisotopic (exact) mass is 345 g/mol. The van der Waals surface area contributed by atoms with E-state index in [9.17, 15) is 14.4 Å². The van der Waals surface area contributed by atoms with Crippen molar-refractivity contribution in [3.63, 3.8) is 0 Å². The second-order valence-corrected chi connectivity index (χ2v) is 8.20. The summed E-state index contributed by atoms with van der Waals surface area (Å²) < 4.78 is 0. The maximum absolute atomic E-state index is 12.8. The third-order valence-electron chi connectivity index (χ3n) is 6.44. The number of hydrogen-bond acceptors (Lipinski definition) is 3. The van der Waals surface area contributed by atoms with E-state index in [4.69, 9.17) is 0 Å². The first-order chi connectivity index (χ1) is 12.1. The Morgan fingerprint density at radius 1 is 1.12 bits per heavy atom. The van der Waals surface area contributed by atoms with Crippen LogP contribution in [0, 0.1) is 5.41 Å². The van der Waals surface area contributed by atoms with Crippen LogP contribution in [-0.2, 0) is 14.4 Å². The van der Waals surface area contributed by atoms with Gasteiger partial charge in [0.25, 0.3) is 5.91 Å². The van der Waals surface area contributed by atoms with E-state index in [1.807, 2.05) is 4.90 Å². The van der Waals surface area contributed by atoms with E-state index in [1.54, 1.807) is 6.20 Å². The molecule has 1 spiro atoms. The number of amides is 3. The normalized spacial score (nSPS) is 30.8. The third kappa shape index (κ3) is 3.18. The Hall–Kier alpha value is -1.85. The number of nitrogens with zero attached hydrogens (tertiary/aromatic N) is 2. The molecule has 0 radical (unpaired) electrons. The molecule has 0 aromatic carbocycles. The van der Waals surface area contributed by atoms with Gasteiger partial charge in [-0.3, -0.25) is 14.4 Å². The van der Waals surface area contributed by atoms with Gasteiger partial charge in [-0.2, -0.15) is 0 Å². The minimum absolute atomic E-state index is 0.0123. The number of nitrogens with one attached hydrogen (secondary N) is 1. The zero-order valence-corrected chi connectivity index (χ0v) is 14.8. The van der Waals surface area contributed by atoms with E-state index in [2.05, 4.69) is 10.2 Å². The number of carbonyl (C=O) groups is 3. The van der Waals surface area contributed by atoms with Gasteiger partial charge in [-0.15, -0.1) is 0 Å². The number of hydrogen-bond donors (Lipinski definition) is 1. The molecule has 3 fully saturated rings. The van der Waals surface area contributed by atoms with Crippen LogP contribution >= 0.6 is 0 Å². The van der Waals surface area contributed by atoms with Gasteiger partial charge >= 0.3 is 0 Å². The van der Waals surface area contributed by atoms with Crippen LogP contribution in [-0.4, -0.2) is 53.2 Å². The third-order valence-corrected chi connectivity index (χ3v) is 6.44. The van der Waals surface area contributed by atoms with Crippen LogP contribution in [0.3, 0.4) is 0 Å². The van der Waals surface area contributed by atoms with Crippen molar-refractivity contribution in [2.24, 2.45) is 5.41 Å². The van der Waals surface area contributed by atoms with Gasteiger partial charge in [-0.1, -0.05) is 12.8 Å². The molecule has 3 heterocycles. The molecule has 4 aliphatic rings. The number of carbonyl (C=O) groups excluding carboxylic acids is 3. The van der Waals surface area contributed by atoms with Crippen molar-refractivity contribution in [3.05, 3.63) is 11.8 Å². The molecular formula is C19H27N3O3. The van der Waals surface area contributed by atoms with Gasteiger partial charge in [0.1, 0.15) is 0 Å². The fraction of sp³-hybridized carbons (Fsp3) is 0.737. The quantitative estimate of drug-likeness (QED) is 0.826. The highest BCUT2D eigenvalue weighted by Gasteiger charge is 2.45. The van der Waals surface area contributed by atoms with Crippen LogP contribution in [0.2, 0.25) is 0 Å². The SMILES string of the molecule is O=C1CC(C(=O)N2CCCC3(CCC(=O)N(C4CCCC4)C3)C2)=CN1. The largest absolute Gasteiger partial charge is 0.339 e. The Balaban J connectivity index is 1.46. The van der Waals surface area contributed by atoms with Crippen molar-refractivity contribution in [2.75, 3.05) is 19.6 Å². The molecular weight excluding hydrogens is 318 g/mol. The predicted molar refractivity (Wildman–Crippen MR) is 92.3 cm³/mol. The van der Waals surface area contributed by atoms with Gasteiger partial charge in [0.05, 0.1) is 6.42 Å². The molecule has 0 aromatic heterocycles. The maximum atomic E-state index is 12.8. The van der Waals surface area contributed by atoms with Gasteiger partial charge < -0.3 is 15.1 Å². The average Bonchev–Trinajstić information content (AvgIpc) is 3.28. The van der Waals surface area contributed by atoms with Gasteiger partial charge in [-0.25, -0.2) is 0 Å². The van der Waals surface area contributed by atoms with Crippen LogP contribution in [0.4, 0.5) is 0 Å². The second-order valence-electron chi connectivity index (χ2n) is 8.20. The summed E-state index contributed by atoms with van der Waals surface area (Å²) in [6.45, 7) is 2.27. The summed E-state index contributed by atoms with van der Waals surface area (Å²) in [7, 11) is 0.